The van der Waals surface area contributed by atoms with Crippen LogP contribution in [0.15, 0.2) is 24.3 Å². The van der Waals surface area contributed by atoms with Gasteiger partial charge in [0.05, 0.1) is 0 Å². The zero-order chi connectivity index (χ0) is 13.7. The topological polar surface area (TPSA) is 15.3 Å². The summed E-state index contributed by atoms with van der Waals surface area (Å²) in [5, 5.41) is 3.59. The highest BCUT2D eigenvalue weighted by Crippen LogP contribution is 2.19. The fourth-order valence-electron chi connectivity index (χ4n) is 2.43. The molecule has 0 aliphatic heterocycles. The van der Waals surface area contributed by atoms with Gasteiger partial charge in [0, 0.05) is 25.2 Å². The van der Waals surface area contributed by atoms with Gasteiger partial charge in [-0.25, -0.2) is 0 Å². The lowest BCUT2D eigenvalue weighted by Crippen LogP contribution is -2.31. The predicted molar refractivity (Wildman–Crippen MR) is 82.1 cm³/mol. The third-order valence-electron chi connectivity index (χ3n) is 3.79. The van der Waals surface area contributed by atoms with Crippen molar-refractivity contribution in [2.45, 2.75) is 65.2 Å². The molecule has 0 saturated heterocycles. The first-order chi connectivity index (χ1) is 9.19. The van der Waals surface area contributed by atoms with Crippen LogP contribution in [0.25, 0.3) is 0 Å². The van der Waals surface area contributed by atoms with Crippen LogP contribution in [-0.4, -0.2) is 23.5 Å². The minimum absolute atomic E-state index is 0.619. The Morgan fingerprint density at radius 1 is 1.26 bits per heavy atom. The van der Waals surface area contributed by atoms with Crippen molar-refractivity contribution in [3.05, 3.63) is 35.4 Å². The van der Waals surface area contributed by atoms with E-state index >= 15 is 0 Å². The lowest BCUT2D eigenvalue weighted by molar-refractivity contribution is 0.213. The third kappa shape index (κ3) is 4.96. The van der Waals surface area contributed by atoms with Gasteiger partial charge in [0.15, 0.2) is 0 Å². The quantitative estimate of drug-likeness (QED) is 0.769. The maximum Gasteiger partial charge on any atom is 0.0236 e. The summed E-state index contributed by atoms with van der Waals surface area (Å²) in [6.07, 6.45) is 3.94. The van der Waals surface area contributed by atoms with E-state index < -0.39 is 0 Å². The van der Waals surface area contributed by atoms with Gasteiger partial charge in [0.25, 0.3) is 0 Å². The Balaban J connectivity index is 1.92. The zero-order valence-electron chi connectivity index (χ0n) is 12.7. The molecule has 0 radical (unpaired) electrons. The molecule has 0 atom stereocenters. The summed E-state index contributed by atoms with van der Waals surface area (Å²) in [4.78, 5) is 2.55. The van der Waals surface area contributed by atoms with E-state index in [1.165, 1.54) is 36.9 Å². The third-order valence-corrected chi connectivity index (χ3v) is 3.79. The molecule has 1 saturated carbocycles. The number of rotatable bonds is 8. The van der Waals surface area contributed by atoms with Gasteiger partial charge in [-0.15, -0.1) is 0 Å². The summed E-state index contributed by atoms with van der Waals surface area (Å²) >= 11 is 0. The highest BCUT2D eigenvalue weighted by atomic mass is 15.1. The summed E-state index contributed by atoms with van der Waals surface area (Å²) in [6, 6.07) is 10.5. The molecule has 0 spiro atoms. The first-order valence-corrected chi connectivity index (χ1v) is 7.74. The van der Waals surface area contributed by atoms with Crippen LogP contribution >= 0.6 is 0 Å². The summed E-state index contributed by atoms with van der Waals surface area (Å²) in [5.41, 5.74) is 2.86. The van der Waals surface area contributed by atoms with Gasteiger partial charge in [-0.05, 0) is 50.8 Å². The summed E-state index contributed by atoms with van der Waals surface area (Å²) in [7, 11) is 0. The Morgan fingerprint density at radius 2 is 2.00 bits per heavy atom. The van der Waals surface area contributed by atoms with E-state index in [1.54, 1.807) is 0 Å². The van der Waals surface area contributed by atoms with E-state index in [0.717, 1.165) is 19.1 Å². The molecule has 2 nitrogen and oxygen atoms in total. The minimum Gasteiger partial charge on any atom is -0.310 e. The number of hydrogen-bond acceptors (Lipinski definition) is 2. The van der Waals surface area contributed by atoms with Gasteiger partial charge in [0.1, 0.15) is 0 Å². The van der Waals surface area contributed by atoms with Crippen molar-refractivity contribution in [1.29, 1.82) is 0 Å². The van der Waals surface area contributed by atoms with Crippen LogP contribution in [0.5, 0.6) is 0 Å². The van der Waals surface area contributed by atoms with Crippen LogP contribution in [0.1, 0.15) is 51.2 Å². The van der Waals surface area contributed by atoms with E-state index in [9.17, 15) is 0 Å². The highest BCUT2D eigenvalue weighted by molar-refractivity contribution is 5.23. The lowest BCUT2D eigenvalue weighted by atomic mass is 10.1. The maximum atomic E-state index is 3.59. The number of nitrogens with one attached hydrogen (secondary N) is 1. The summed E-state index contributed by atoms with van der Waals surface area (Å²) in [5.74, 6) is 0. The number of benzene rings is 1. The Morgan fingerprint density at radius 3 is 2.63 bits per heavy atom. The highest BCUT2D eigenvalue weighted by Gasteiger charge is 2.19. The van der Waals surface area contributed by atoms with Crippen molar-refractivity contribution in [1.82, 2.24) is 10.2 Å². The molecule has 1 fully saturated rings. The van der Waals surface area contributed by atoms with Crippen molar-refractivity contribution in [2.24, 2.45) is 0 Å². The van der Waals surface area contributed by atoms with E-state index in [1.807, 2.05) is 0 Å². The Labute approximate surface area is 118 Å². The number of nitrogens with zero attached hydrogens (tertiary/aromatic N) is 1. The lowest BCUT2D eigenvalue weighted by Gasteiger charge is -2.26. The largest absolute Gasteiger partial charge is 0.310 e. The molecule has 0 amide bonds. The van der Waals surface area contributed by atoms with Gasteiger partial charge < -0.3 is 5.32 Å². The molecule has 1 aromatic carbocycles. The van der Waals surface area contributed by atoms with Crippen molar-refractivity contribution in [3.8, 4) is 0 Å². The fraction of sp³-hybridized carbons (Fsp3) is 0.647. The monoisotopic (exact) mass is 260 g/mol. The molecular formula is C17H28N2. The summed E-state index contributed by atoms with van der Waals surface area (Å²) in [6.45, 7) is 10.1. The summed E-state index contributed by atoms with van der Waals surface area (Å²) < 4.78 is 0. The molecule has 2 heteroatoms. The predicted octanol–water partition coefficient (Wildman–Crippen LogP) is 3.56. The van der Waals surface area contributed by atoms with E-state index in [0.29, 0.717) is 6.04 Å². The van der Waals surface area contributed by atoms with Crippen molar-refractivity contribution in [2.75, 3.05) is 6.54 Å². The van der Waals surface area contributed by atoms with Gasteiger partial charge in [-0.2, -0.15) is 0 Å². The standard InChI is InChI=1S/C17H28N2/c1-4-10-19(14(2)3)13-16-7-5-6-15(11-16)12-18-17-8-9-17/h5-7,11,14,17-18H,4,8-10,12-13H2,1-3H3. The maximum absolute atomic E-state index is 3.59. The van der Waals surface area contributed by atoms with Crippen LogP contribution < -0.4 is 5.32 Å². The molecule has 106 valence electrons. The SMILES string of the molecule is CCCN(Cc1cccc(CNC2CC2)c1)C(C)C. The smallest absolute Gasteiger partial charge is 0.0236 e. The number of hydrogen-bond donors (Lipinski definition) is 1. The average molecular weight is 260 g/mol. The second-order valence-electron chi connectivity index (χ2n) is 6.04. The molecule has 19 heavy (non-hydrogen) atoms. The first-order valence-electron chi connectivity index (χ1n) is 7.74. The molecule has 0 bridgehead atoms. The second kappa shape index (κ2) is 7.06. The van der Waals surface area contributed by atoms with Crippen LogP contribution in [0.4, 0.5) is 0 Å². The normalized spacial score (nSPS) is 15.4. The zero-order valence-corrected chi connectivity index (χ0v) is 12.7. The Bertz CT molecular complexity index is 383. The van der Waals surface area contributed by atoms with Gasteiger partial charge in [-0.1, -0.05) is 31.2 Å². The van der Waals surface area contributed by atoms with E-state index in [-0.39, 0.29) is 0 Å². The fourth-order valence-corrected chi connectivity index (χ4v) is 2.43. The molecule has 1 aliphatic carbocycles. The van der Waals surface area contributed by atoms with Crippen LogP contribution in [0.3, 0.4) is 0 Å². The first kappa shape index (κ1) is 14.5. The van der Waals surface area contributed by atoms with Crippen LogP contribution in [0.2, 0.25) is 0 Å². The molecule has 1 N–H and O–H groups in total. The molecule has 0 heterocycles. The second-order valence-corrected chi connectivity index (χ2v) is 6.04. The average Bonchev–Trinajstić information content (AvgIpc) is 3.20. The Hall–Kier alpha value is -0.860. The van der Waals surface area contributed by atoms with E-state index in [2.05, 4.69) is 55.3 Å². The van der Waals surface area contributed by atoms with Gasteiger partial charge in [0.2, 0.25) is 0 Å². The van der Waals surface area contributed by atoms with Gasteiger partial charge in [-0.3, -0.25) is 4.90 Å². The minimum atomic E-state index is 0.619. The van der Waals surface area contributed by atoms with Crippen LogP contribution in [-0.2, 0) is 13.1 Å². The van der Waals surface area contributed by atoms with Crippen LogP contribution in [0, 0.1) is 0 Å². The molecular weight excluding hydrogens is 232 g/mol. The van der Waals surface area contributed by atoms with E-state index in [4.69, 9.17) is 0 Å². The molecule has 0 unspecified atom stereocenters. The molecule has 0 aromatic heterocycles. The van der Waals surface area contributed by atoms with Crippen molar-refractivity contribution < 1.29 is 0 Å². The molecule has 1 aliphatic rings. The molecule has 1 aromatic rings. The van der Waals surface area contributed by atoms with Crippen molar-refractivity contribution in [3.63, 3.8) is 0 Å². The Kier molecular flexibility index (Phi) is 5.41. The molecule has 2 rings (SSSR count). The van der Waals surface area contributed by atoms with Crippen molar-refractivity contribution >= 4 is 0 Å². The van der Waals surface area contributed by atoms with Gasteiger partial charge >= 0.3 is 0 Å².